The Morgan fingerprint density at radius 1 is 1.24 bits per heavy atom. The van der Waals surface area contributed by atoms with E-state index in [1.54, 1.807) is 22.7 Å². The number of anilines is 1. The second kappa shape index (κ2) is 5.67. The number of hydrogen-bond acceptors (Lipinski definition) is 7. The van der Waals surface area contributed by atoms with E-state index in [0.29, 0.717) is 12.4 Å². The van der Waals surface area contributed by atoms with Crippen molar-refractivity contribution >= 4 is 38.7 Å². The van der Waals surface area contributed by atoms with Gasteiger partial charge in [-0.3, -0.25) is 4.90 Å². The van der Waals surface area contributed by atoms with E-state index < -0.39 is 0 Å². The molecule has 0 saturated carbocycles. The maximum Gasteiger partial charge on any atom is 0.146 e. The molecule has 3 aromatic heterocycles. The molecule has 0 spiro atoms. The number of aryl methyl sites for hydroxylation is 2. The van der Waals surface area contributed by atoms with Crippen molar-refractivity contribution in [1.29, 1.82) is 0 Å². The van der Waals surface area contributed by atoms with Crippen molar-refractivity contribution in [2.45, 2.75) is 26.9 Å². The van der Waals surface area contributed by atoms with Crippen molar-refractivity contribution < 1.29 is 0 Å². The van der Waals surface area contributed by atoms with Crippen LogP contribution in [0.25, 0.3) is 10.2 Å². The van der Waals surface area contributed by atoms with Gasteiger partial charge in [0.1, 0.15) is 16.5 Å². The number of nitrogens with zero attached hydrogens (tertiary/aromatic N) is 4. The molecule has 7 heteroatoms. The van der Waals surface area contributed by atoms with Crippen LogP contribution in [-0.2, 0) is 13.1 Å². The van der Waals surface area contributed by atoms with Crippen LogP contribution < -0.4 is 5.73 Å². The second-order valence-corrected chi connectivity index (χ2v) is 7.06. The van der Waals surface area contributed by atoms with E-state index in [-0.39, 0.29) is 0 Å². The minimum Gasteiger partial charge on any atom is -0.383 e. The molecule has 0 aliphatic heterocycles. The lowest BCUT2D eigenvalue weighted by Crippen LogP contribution is -2.19. The van der Waals surface area contributed by atoms with Gasteiger partial charge in [0.05, 0.1) is 23.1 Å². The number of aromatic nitrogens is 3. The van der Waals surface area contributed by atoms with E-state index >= 15 is 0 Å². The number of thiazole rings is 1. The Balaban J connectivity index is 1.84. The number of hydrogen-bond donors (Lipinski definition) is 1. The Morgan fingerprint density at radius 3 is 2.76 bits per heavy atom. The molecule has 21 heavy (non-hydrogen) atoms. The van der Waals surface area contributed by atoms with E-state index in [9.17, 15) is 0 Å². The van der Waals surface area contributed by atoms with Crippen molar-refractivity contribution in [1.82, 2.24) is 19.9 Å². The third-order valence-electron chi connectivity index (χ3n) is 3.43. The highest BCUT2D eigenvalue weighted by molar-refractivity contribution is 7.18. The molecule has 0 saturated heterocycles. The van der Waals surface area contributed by atoms with Gasteiger partial charge < -0.3 is 5.73 Å². The minimum absolute atomic E-state index is 0.582. The average molecular weight is 319 g/mol. The smallest absolute Gasteiger partial charge is 0.146 e. The van der Waals surface area contributed by atoms with Crippen molar-refractivity contribution in [3.63, 3.8) is 0 Å². The van der Waals surface area contributed by atoms with E-state index in [0.717, 1.165) is 28.3 Å². The first kappa shape index (κ1) is 14.4. The molecule has 2 N–H and O–H groups in total. The van der Waals surface area contributed by atoms with Gasteiger partial charge in [0.25, 0.3) is 0 Å². The molecular formula is C14H17N5S2. The molecule has 0 amide bonds. The van der Waals surface area contributed by atoms with Crippen LogP contribution in [0.1, 0.15) is 22.0 Å². The monoisotopic (exact) mass is 319 g/mol. The zero-order chi connectivity index (χ0) is 15.0. The third kappa shape index (κ3) is 2.90. The maximum absolute atomic E-state index is 6.11. The topological polar surface area (TPSA) is 67.9 Å². The number of nitrogen functional groups attached to an aromatic ring is 1. The molecule has 0 aliphatic carbocycles. The van der Waals surface area contributed by atoms with Gasteiger partial charge in [-0.15, -0.1) is 22.7 Å². The Bertz CT molecular complexity index is 763. The summed E-state index contributed by atoms with van der Waals surface area (Å²) < 4.78 is 0. The molecular weight excluding hydrogens is 302 g/mol. The average Bonchev–Trinajstić information content (AvgIpc) is 2.99. The van der Waals surface area contributed by atoms with Gasteiger partial charge in [0.15, 0.2) is 0 Å². The van der Waals surface area contributed by atoms with E-state index in [4.69, 9.17) is 5.73 Å². The number of nitrogens with two attached hydrogens (primary N) is 1. The van der Waals surface area contributed by atoms with Crippen molar-refractivity contribution in [3.05, 3.63) is 32.8 Å². The zero-order valence-corrected chi connectivity index (χ0v) is 13.9. The van der Waals surface area contributed by atoms with E-state index in [2.05, 4.69) is 39.1 Å². The fraction of sp³-hybridized carbons (Fsp3) is 0.357. The van der Waals surface area contributed by atoms with Crippen molar-refractivity contribution in [3.8, 4) is 0 Å². The lowest BCUT2D eigenvalue weighted by molar-refractivity contribution is 0.308. The van der Waals surface area contributed by atoms with E-state index in [1.165, 1.54) is 10.4 Å². The molecule has 3 rings (SSSR count). The normalized spacial score (nSPS) is 11.6. The highest BCUT2D eigenvalue weighted by atomic mass is 32.1. The van der Waals surface area contributed by atoms with Gasteiger partial charge in [-0.1, -0.05) is 0 Å². The fourth-order valence-corrected chi connectivity index (χ4v) is 3.89. The Kier molecular flexibility index (Phi) is 3.88. The summed E-state index contributed by atoms with van der Waals surface area (Å²) in [6.45, 7) is 5.61. The molecule has 110 valence electrons. The van der Waals surface area contributed by atoms with Gasteiger partial charge in [-0.2, -0.15) is 0 Å². The van der Waals surface area contributed by atoms with E-state index in [1.807, 2.05) is 12.6 Å². The summed E-state index contributed by atoms with van der Waals surface area (Å²) in [5, 5.41) is 3.06. The molecule has 0 unspecified atom stereocenters. The van der Waals surface area contributed by atoms with Crippen LogP contribution >= 0.6 is 22.7 Å². The summed E-state index contributed by atoms with van der Waals surface area (Å²) in [6, 6.07) is 0. The van der Waals surface area contributed by atoms with Crippen LogP contribution in [0.5, 0.6) is 0 Å². The van der Waals surface area contributed by atoms with Crippen LogP contribution in [0.15, 0.2) is 10.9 Å². The summed E-state index contributed by atoms with van der Waals surface area (Å²) in [5.41, 5.74) is 10.2. The highest BCUT2D eigenvalue weighted by Gasteiger charge is 2.13. The van der Waals surface area contributed by atoms with Crippen LogP contribution in [0.4, 0.5) is 5.82 Å². The zero-order valence-electron chi connectivity index (χ0n) is 12.3. The van der Waals surface area contributed by atoms with Gasteiger partial charge in [-0.25, -0.2) is 15.0 Å². The van der Waals surface area contributed by atoms with Crippen molar-refractivity contribution in [2.24, 2.45) is 0 Å². The Labute approximate surface area is 131 Å². The summed E-state index contributed by atoms with van der Waals surface area (Å²) in [7, 11) is 2.04. The number of rotatable bonds is 4. The Morgan fingerprint density at radius 2 is 2.05 bits per heavy atom. The molecule has 0 aromatic carbocycles. The van der Waals surface area contributed by atoms with Crippen LogP contribution in [0.3, 0.4) is 0 Å². The van der Waals surface area contributed by atoms with Gasteiger partial charge in [0.2, 0.25) is 0 Å². The minimum atomic E-state index is 0.582. The predicted molar refractivity (Wildman–Crippen MR) is 88.6 cm³/mol. The SMILES string of the molecule is Cc1sc2nc(CN(C)Cc3cscn3)nc(N)c2c1C. The molecule has 0 fully saturated rings. The lowest BCUT2D eigenvalue weighted by Gasteiger charge is -2.14. The fourth-order valence-electron chi connectivity index (χ4n) is 2.29. The first-order valence-corrected chi connectivity index (χ1v) is 8.38. The summed E-state index contributed by atoms with van der Waals surface area (Å²) >= 11 is 3.29. The maximum atomic E-state index is 6.11. The van der Waals surface area contributed by atoms with Gasteiger partial charge in [0, 0.05) is 16.8 Å². The second-order valence-electron chi connectivity index (χ2n) is 5.14. The quantitative estimate of drug-likeness (QED) is 0.800. The van der Waals surface area contributed by atoms with Gasteiger partial charge >= 0.3 is 0 Å². The van der Waals surface area contributed by atoms with Crippen LogP contribution in [0.2, 0.25) is 0 Å². The van der Waals surface area contributed by atoms with Crippen LogP contribution in [0, 0.1) is 13.8 Å². The Hall–Kier alpha value is -1.57. The largest absolute Gasteiger partial charge is 0.383 e. The molecule has 5 nitrogen and oxygen atoms in total. The molecule has 3 heterocycles. The standard InChI is InChI=1S/C14H17N5S2/c1-8-9(2)21-14-12(8)13(15)17-11(18-14)5-19(3)4-10-6-20-7-16-10/h6-7H,4-5H2,1-3H3,(H2,15,17,18). The number of thiophene rings is 1. The summed E-state index contributed by atoms with van der Waals surface area (Å²) in [5.74, 6) is 1.35. The van der Waals surface area contributed by atoms with Crippen molar-refractivity contribution in [2.75, 3.05) is 12.8 Å². The predicted octanol–water partition coefficient (Wildman–Crippen LogP) is 2.98. The first-order valence-electron chi connectivity index (χ1n) is 6.62. The number of fused-ring (bicyclic) bond motifs is 1. The summed E-state index contributed by atoms with van der Waals surface area (Å²) in [6.07, 6.45) is 0. The lowest BCUT2D eigenvalue weighted by atomic mass is 10.2. The van der Waals surface area contributed by atoms with Crippen LogP contribution in [-0.4, -0.2) is 26.9 Å². The highest BCUT2D eigenvalue weighted by Crippen LogP contribution is 2.31. The molecule has 0 atom stereocenters. The van der Waals surface area contributed by atoms with Gasteiger partial charge in [-0.05, 0) is 26.5 Å². The molecule has 0 aliphatic rings. The molecule has 3 aromatic rings. The summed E-state index contributed by atoms with van der Waals surface area (Å²) in [4.78, 5) is 17.8. The first-order chi connectivity index (χ1) is 10.0. The third-order valence-corrected chi connectivity index (χ3v) is 5.17. The molecule has 0 radical (unpaired) electrons. The molecule has 0 bridgehead atoms.